The Hall–Kier alpha value is -2.34. The zero-order valence-electron chi connectivity index (χ0n) is 12.8. The van der Waals surface area contributed by atoms with Crippen LogP contribution < -0.4 is 10.7 Å². The van der Waals surface area contributed by atoms with Crippen LogP contribution >= 0.6 is 11.6 Å². The van der Waals surface area contributed by atoms with E-state index in [0.29, 0.717) is 40.3 Å². The molecule has 0 fully saturated rings. The summed E-state index contributed by atoms with van der Waals surface area (Å²) in [6, 6.07) is 13.1. The second-order valence-electron chi connectivity index (χ2n) is 5.56. The van der Waals surface area contributed by atoms with Crippen molar-refractivity contribution < 1.29 is 10.2 Å². The van der Waals surface area contributed by atoms with Crippen LogP contribution in [0.1, 0.15) is 17.4 Å². The van der Waals surface area contributed by atoms with E-state index >= 15 is 0 Å². The summed E-state index contributed by atoms with van der Waals surface area (Å²) in [5.41, 5.74) is 1.92. The van der Waals surface area contributed by atoms with Crippen LogP contribution in [0.5, 0.6) is 5.75 Å². The quantitative estimate of drug-likeness (QED) is 0.573. The number of benzene rings is 2. The normalized spacial score (nSPS) is 12.4. The SMILES string of the molecule is O=c1cc(CNC[C@@H](O)c2ccc(O)cc2)[nH]c2c(Cl)cccc12. The fraction of sp³-hybridized carbons (Fsp3) is 0.167. The molecule has 5 nitrogen and oxygen atoms in total. The van der Waals surface area contributed by atoms with Gasteiger partial charge in [0.1, 0.15) is 5.75 Å². The van der Waals surface area contributed by atoms with E-state index < -0.39 is 6.10 Å². The Balaban J connectivity index is 1.68. The smallest absolute Gasteiger partial charge is 0.189 e. The van der Waals surface area contributed by atoms with E-state index in [9.17, 15) is 15.0 Å². The van der Waals surface area contributed by atoms with Gasteiger partial charge in [-0.1, -0.05) is 29.8 Å². The number of halogens is 1. The van der Waals surface area contributed by atoms with E-state index in [1.54, 1.807) is 30.3 Å². The van der Waals surface area contributed by atoms with Gasteiger partial charge >= 0.3 is 0 Å². The third-order valence-electron chi connectivity index (χ3n) is 3.80. The molecule has 3 aromatic rings. The maximum atomic E-state index is 12.1. The summed E-state index contributed by atoms with van der Waals surface area (Å²) in [4.78, 5) is 15.3. The van der Waals surface area contributed by atoms with Gasteiger partial charge in [0.2, 0.25) is 0 Å². The number of aliphatic hydroxyl groups excluding tert-OH is 1. The summed E-state index contributed by atoms with van der Waals surface area (Å²) in [6.45, 7) is 0.707. The van der Waals surface area contributed by atoms with E-state index in [-0.39, 0.29) is 11.2 Å². The van der Waals surface area contributed by atoms with Gasteiger partial charge in [-0.15, -0.1) is 0 Å². The molecule has 0 saturated carbocycles. The van der Waals surface area contributed by atoms with Crippen molar-refractivity contribution >= 4 is 22.5 Å². The zero-order valence-corrected chi connectivity index (χ0v) is 13.5. The number of phenolic OH excluding ortho intramolecular Hbond substituents is 1. The molecule has 0 saturated heterocycles. The molecular formula is C18H17ClN2O3. The predicted molar refractivity (Wildman–Crippen MR) is 94.4 cm³/mol. The van der Waals surface area contributed by atoms with Crippen LogP contribution in [0.25, 0.3) is 10.9 Å². The number of aromatic nitrogens is 1. The lowest BCUT2D eigenvalue weighted by Crippen LogP contribution is -2.22. The largest absolute Gasteiger partial charge is 0.508 e. The van der Waals surface area contributed by atoms with E-state index in [1.165, 1.54) is 18.2 Å². The Labute approximate surface area is 143 Å². The summed E-state index contributed by atoms with van der Waals surface area (Å²) < 4.78 is 0. The minimum absolute atomic E-state index is 0.0952. The number of aromatic hydroxyl groups is 1. The van der Waals surface area contributed by atoms with Crippen molar-refractivity contribution in [2.24, 2.45) is 0 Å². The molecule has 124 valence electrons. The van der Waals surface area contributed by atoms with E-state index in [1.807, 2.05) is 0 Å². The Kier molecular flexibility index (Phi) is 4.85. The highest BCUT2D eigenvalue weighted by molar-refractivity contribution is 6.35. The van der Waals surface area contributed by atoms with Gasteiger partial charge in [0, 0.05) is 30.2 Å². The number of hydrogen-bond acceptors (Lipinski definition) is 4. The van der Waals surface area contributed by atoms with Gasteiger partial charge < -0.3 is 20.5 Å². The third kappa shape index (κ3) is 3.59. The van der Waals surface area contributed by atoms with Crippen molar-refractivity contribution in [2.75, 3.05) is 6.54 Å². The second kappa shape index (κ2) is 7.05. The number of aromatic amines is 1. The molecule has 1 atom stereocenters. The molecule has 4 N–H and O–H groups in total. The maximum absolute atomic E-state index is 12.1. The predicted octanol–water partition coefficient (Wildman–Crippen LogP) is 2.71. The third-order valence-corrected chi connectivity index (χ3v) is 4.12. The van der Waals surface area contributed by atoms with Crippen molar-refractivity contribution in [3.8, 4) is 5.75 Å². The van der Waals surface area contributed by atoms with Crippen LogP contribution in [0.3, 0.4) is 0 Å². The highest BCUT2D eigenvalue weighted by atomic mass is 35.5. The molecule has 0 aliphatic rings. The van der Waals surface area contributed by atoms with Crippen LogP contribution in [0.15, 0.2) is 53.3 Å². The highest BCUT2D eigenvalue weighted by Gasteiger charge is 2.08. The van der Waals surface area contributed by atoms with E-state index in [4.69, 9.17) is 11.6 Å². The average molecular weight is 345 g/mol. The minimum Gasteiger partial charge on any atom is -0.508 e. The first-order valence-corrected chi connectivity index (χ1v) is 7.90. The maximum Gasteiger partial charge on any atom is 0.189 e. The van der Waals surface area contributed by atoms with Gasteiger partial charge in [-0.05, 0) is 29.8 Å². The van der Waals surface area contributed by atoms with Gasteiger partial charge in [0.25, 0.3) is 0 Å². The molecular weight excluding hydrogens is 328 g/mol. The van der Waals surface area contributed by atoms with Crippen LogP contribution in [0.2, 0.25) is 5.02 Å². The number of phenols is 1. The lowest BCUT2D eigenvalue weighted by atomic mass is 10.1. The number of aliphatic hydroxyl groups is 1. The Bertz CT molecular complexity index is 906. The number of hydrogen-bond donors (Lipinski definition) is 4. The summed E-state index contributed by atoms with van der Waals surface area (Å²) in [5.74, 6) is 0.157. The molecule has 0 spiro atoms. The topological polar surface area (TPSA) is 85.3 Å². The second-order valence-corrected chi connectivity index (χ2v) is 5.97. The Morgan fingerprint density at radius 1 is 1.17 bits per heavy atom. The Morgan fingerprint density at radius 3 is 2.67 bits per heavy atom. The van der Waals surface area contributed by atoms with Crippen molar-refractivity contribution in [3.63, 3.8) is 0 Å². The first-order valence-electron chi connectivity index (χ1n) is 7.53. The number of nitrogens with one attached hydrogen (secondary N) is 2. The minimum atomic E-state index is -0.707. The number of rotatable bonds is 5. The molecule has 0 amide bonds. The highest BCUT2D eigenvalue weighted by Crippen LogP contribution is 2.19. The van der Waals surface area contributed by atoms with Crippen molar-refractivity contribution in [1.29, 1.82) is 0 Å². The van der Waals surface area contributed by atoms with Crippen molar-refractivity contribution in [3.05, 3.63) is 75.0 Å². The number of pyridine rings is 1. The molecule has 3 rings (SSSR count). The summed E-state index contributed by atoms with van der Waals surface area (Å²) in [6.07, 6.45) is -0.707. The summed E-state index contributed by atoms with van der Waals surface area (Å²) >= 11 is 6.13. The molecule has 0 bridgehead atoms. The van der Waals surface area contributed by atoms with Gasteiger partial charge in [0.15, 0.2) is 5.43 Å². The van der Waals surface area contributed by atoms with Crippen molar-refractivity contribution in [1.82, 2.24) is 10.3 Å². The van der Waals surface area contributed by atoms with Gasteiger partial charge in [0.05, 0.1) is 16.6 Å². The fourth-order valence-electron chi connectivity index (χ4n) is 2.54. The molecule has 1 heterocycles. The zero-order chi connectivity index (χ0) is 17.1. The molecule has 0 radical (unpaired) electrons. The van der Waals surface area contributed by atoms with Crippen LogP contribution in [0.4, 0.5) is 0 Å². The first-order chi connectivity index (χ1) is 11.5. The average Bonchev–Trinajstić information content (AvgIpc) is 2.56. The lowest BCUT2D eigenvalue weighted by Gasteiger charge is -2.13. The summed E-state index contributed by atoms with van der Waals surface area (Å²) in [5, 5.41) is 23.5. The first kappa shape index (κ1) is 16.5. The molecule has 0 aliphatic heterocycles. The summed E-state index contributed by atoms with van der Waals surface area (Å²) in [7, 11) is 0. The Morgan fingerprint density at radius 2 is 1.92 bits per heavy atom. The van der Waals surface area contributed by atoms with Crippen molar-refractivity contribution in [2.45, 2.75) is 12.6 Å². The van der Waals surface area contributed by atoms with Gasteiger partial charge in [-0.25, -0.2) is 0 Å². The van der Waals surface area contributed by atoms with Gasteiger partial charge in [-0.2, -0.15) is 0 Å². The molecule has 0 aliphatic carbocycles. The number of para-hydroxylation sites is 1. The molecule has 24 heavy (non-hydrogen) atoms. The van der Waals surface area contributed by atoms with Gasteiger partial charge in [-0.3, -0.25) is 4.79 Å². The standard InChI is InChI=1S/C18H17ClN2O3/c19-15-3-1-2-14-16(23)8-12(21-18(14)15)9-20-10-17(24)11-4-6-13(22)7-5-11/h1-8,17,20,22,24H,9-10H2,(H,21,23)/t17-/m1/s1. The molecule has 0 unspecified atom stereocenters. The van der Waals surface area contributed by atoms with Crippen LogP contribution in [-0.2, 0) is 6.54 Å². The lowest BCUT2D eigenvalue weighted by molar-refractivity contribution is 0.174. The van der Waals surface area contributed by atoms with Crippen LogP contribution in [0, 0.1) is 0 Å². The van der Waals surface area contributed by atoms with E-state index in [0.717, 1.165) is 0 Å². The number of fused-ring (bicyclic) bond motifs is 1. The molecule has 1 aromatic heterocycles. The monoisotopic (exact) mass is 344 g/mol. The molecule has 6 heteroatoms. The van der Waals surface area contributed by atoms with Crippen LogP contribution in [-0.4, -0.2) is 21.7 Å². The van der Waals surface area contributed by atoms with E-state index in [2.05, 4.69) is 10.3 Å². The molecule has 2 aromatic carbocycles. The fourth-order valence-corrected chi connectivity index (χ4v) is 2.76. The number of H-pyrrole nitrogens is 1.